The van der Waals surface area contributed by atoms with Gasteiger partial charge in [0.2, 0.25) is 0 Å². The molecule has 5 atom stereocenters. The zero-order chi connectivity index (χ0) is 80.3. The maximum atomic E-state index is 13.1. The highest BCUT2D eigenvalue weighted by molar-refractivity contribution is 7.47. The molecule has 0 aromatic rings. The van der Waals surface area contributed by atoms with E-state index in [2.05, 4.69) is 210 Å². The second-order valence-electron chi connectivity index (χ2n) is 27.2. The number of allylic oxidation sites excluding steroid dienone is 30. The highest BCUT2D eigenvalue weighted by atomic mass is 31.2. The molecule has 17 nitrogen and oxygen atoms in total. The standard InChI is InChI=1S/C91H148O17P2/c1-5-9-13-17-21-25-29-33-37-41-42-46-48-52-56-60-64-68-72-76-89(94)102-82-87(108-91(96)78-74-70-66-62-58-54-50-45-40-36-32-28-24-20-16-12-8-4)84-106-110(99,100)104-80-85(92)79-103-109(97,98)105-83-86(107-90(95)77-73-69-65-61-57-53-49-44-39-35-31-27-23-19-15-11-7-3)81-101-88(93)75-71-67-63-59-55-51-47-43-38-34-30-26-22-18-14-10-6-2/h9-16,21-28,33-40,42,46-47,50-51,54,85-87,92H,5-8,17-20,29-32,41,43-45,48-49,52-53,55-84H2,1-4H3,(H,97,98)(H,99,100)/b13-9-,14-10-,15-11-,16-12-,25-21-,26-22-,27-23-,28-24-,37-33-,38-34-,39-35-,40-36-,46-42-,51-47-,54-50-. The van der Waals surface area contributed by atoms with Gasteiger partial charge in [0.15, 0.2) is 12.2 Å². The van der Waals surface area contributed by atoms with Crippen molar-refractivity contribution in [2.75, 3.05) is 39.6 Å². The Morgan fingerprint density at radius 1 is 0.255 bits per heavy atom. The number of phosphoric acid groups is 2. The van der Waals surface area contributed by atoms with Crippen LogP contribution in [0.4, 0.5) is 0 Å². The molecule has 0 aromatic carbocycles. The summed E-state index contributed by atoms with van der Waals surface area (Å²) in [6, 6.07) is 0. The van der Waals surface area contributed by atoms with E-state index in [-0.39, 0.29) is 25.7 Å². The maximum Gasteiger partial charge on any atom is 0.472 e. The summed E-state index contributed by atoms with van der Waals surface area (Å²) in [6.45, 7) is 4.35. The summed E-state index contributed by atoms with van der Waals surface area (Å²) in [4.78, 5) is 73.3. The lowest BCUT2D eigenvalue weighted by molar-refractivity contribution is -0.161. The topological polar surface area (TPSA) is 237 Å². The van der Waals surface area contributed by atoms with Gasteiger partial charge in [0.1, 0.15) is 19.3 Å². The average molecular weight is 1580 g/mol. The van der Waals surface area contributed by atoms with Crippen LogP contribution in [-0.4, -0.2) is 96.7 Å². The molecule has 624 valence electrons. The van der Waals surface area contributed by atoms with Crippen LogP contribution in [0.15, 0.2) is 182 Å². The van der Waals surface area contributed by atoms with Crippen LogP contribution in [0, 0.1) is 0 Å². The number of hydrogen-bond acceptors (Lipinski definition) is 15. The van der Waals surface area contributed by atoms with E-state index in [1.165, 1.54) is 0 Å². The Balaban J connectivity index is 5.46. The molecule has 5 unspecified atom stereocenters. The van der Waals surface area contributed by atoms with E-state index in [1.54, 1.807) is 0 Å². The average Bonchev–Trinajstić information content (AvgIpc) is 0.906. The predicted molar refractivity (Wildman–Crippen MR) is 454 cm³/mol. The highest BCUT2D eigenvalue weighted by Gasteiger charge is 2.30. The first kappa shape index (κ1) is 104. The molecule has 0 amide bonds. The predicted octanol–water partition coefficient (Wildman–Crippen LogP) is 25.1. The Morgan fingerprint density at radius 3 is 0.682 bits per heavy atom. The maximum absolute atomic E-state index is 13.1. The van der Waals surface area contributed by atoms with Gasteiger partial charge in [-0.25, -0.2) is 9.13 Å². The van der Waals surface area contributed by atoms with Crippen molar-refractivity contribution in [3.63, 3.8) is 0 Å². The molecule has 0 rings (SSSR count). The van der Waals surface area contributed by atoms with Crippen LogP contribution in [0.3, 0.4) is 0 Å². The number of hydrogen-bond donors (Lipinski definition) is 3. The summed E-state index contributed by atoms with van der Waals surface area (Å²) < 4.78 is 68.8. The summed E-state index contributed by atoms with van der Waals surface area (Å²) in [5.74, 6) is -2.26. The molecule has 0 saturated carbocycles. The summed E-state index contributed by atoms with van der Waals surface area (Å²) in [5, 5.41) is 10.7. The number of unbranched alkanes of at least 4 members (excludes halogenated alkanes) is 21. The van der Waals surface area contributed by atoms with Crippen molar-refractivity contribution in [3.05, 3.63) is 182 Å². The summed E-state index contributed by atoms with van der Waals surface area (Å²) in [7, 11) is -10.0. The number of esters is 4. The van der Waals surface area contributed by atoms with E-state index >= 15 is 0 Å². The first-order chi connectivity index (χ1) is 53.7. The van der Waals surface area contributed by atoms with Crippen LogP contribution < -0.4 is 0 Å². The van der Waals surface area contributed by atoms with E-state index in [4.69, 9.17) is 37.0 Å². The molecular weight excluding hydrogens is 1430 g/mol. The lowest BCUT2D eigenvalue weighted by Crippen LogP contribution is -2.30. The molecule has 0 aliphatic heterocycles. The third-order valence-electron chi connectivity index (χ3n) is 16.9. The molecule has 0 bridgehead atoms. The number of aliphatic hydroxyl groups excluding tert-OH is 1. The molecule has 0 aliphatic rings. The van der Waals surface area contributed by atoms with Crippen molar-refractivity contribution < 1.29 is 80.2 Å². The molecule has 110 heavy (non-hydrogen) atoms. The molecule has 0 spiro atoms. The minimum atomic E-state index is -5.00. The third kappa shape index (κ3) is 80.2. The number of phosphoric ester groups is 2. The molecular formula is C91H148O17P2. The van der Waals surface area contributed by atoms with Gasteiger partial charge < -0.3 is 33.8 Å². The largest absolute Gasteiger partial charge is 0.472 e. The molecule has 0 aliphatic carbocycles. The van der Waals surface area contributed by atoms with E-state index < -0.39 is 97.5 Å². The van der Waals surface area contributed by atoms with Gasteiger partial charge in [-0.1, -0.05) is 293 Å². The van der Waals surface area contributed by atoms with E-state index in [9.17, 15) is 43.2 Å². The van der Waals surface area contributed by atoms with E-state index in [0.717, 1.165) is 231 Å². The second-order valence-corrected chi connectivity index (χ2v) is 30.1. The van der Waals surface area contributed by atoms with Gasteiger partial charge in [-0.15, -0.1) is 0 Å². The van der Waals surface area contributed by atoms with Crippen molar-refractivity contribution in [1.82, 2.24) is 0 Å². The summed E-state index contributed by atoms with van der Waals surface area (Å²) >= 11 is 0. The molecule has 0 radical (unpaired) electrons. The molecule has 0 aromatic heterocycles. The number of carbonyl (C=O) groups excluding carboxylic acids is 4. The first-order valence-electron chi connectivity index (χ1n) is 42.0. The van der Waals surface area contributed by atoms with Crippen LogP contribution in [-0.2, 0) is 65.4 Å². The highest BCUT2D eigenvalue weighted by Crippen LogP contribution is 2.45. The van der Waals surface area contributed by atoms with Crippen LogP contribution in [0.1, 0.15) is 310 Å². The monoisotopic (exact) mass is 1580 g/mol. The van der Waals surface area contributed by atoms with Gasteiger partial charge in [-0.2, -0.15) is 0 Å². The zero-order valence-electron chi connectivity index (χ0n) is 68.4. The number of carbonyl (C=O) groups is 4. The number of rotatable bonds is 77. The summed E-state index contributed by atoms with van der Waals surface area (Å²) in [6.07, 6.45) is 98.5. The molecule has 0 fully saturated rings. The fourth-order valence-electron chi connectivity index (χ4n) is 10.6. The lowest BCUT2D eigenvalue weighted by atomic mass is 10.1. The van der Waals surface area contributed by atoms with Crippen LogP contribution in [0.25, 0.3) is 0 Å². The van der Waals surface area contributed by atoms with E-state index in [1.807, 2.05) is 0 Å². The molecule has 3 N–H and O–H groups in total. The Kier molecular flexibility index (Phi) is 76.9. The van der Waals surface area contributed by atoms with Crippen LogP contribution in [0.5, 0.6) is 0 Å². The first-order valence-corrected chi connectivity index (χ1v) is 45.0. The minimum absolute atomic E-state index is 0.0564. The Hall–Kier alpha value is -5.84. The van der Waals surface area contributed by atoms with Gasteiger partial charge in [-0.05, 0) is 173 Å². The second kappa shape index (κ2) is 81.2. The van der Waals surface area contributed by atoms with Gasteiger partial charge in [-0.3, -0.25) is 37.3 Å². The van der Waals surface area contributed by atoms with Gasteiger partial charge in [0, 0.05) is 25.7 Å². The SMILES string of the molecule is CC/C=C\C/C=C\C/C=C\C/C=C\CCCCCCCCC(=O)OCC(COP(=O)(O)OCC(O)COP(=O)(O)OCC(COC(=O)CCCCCC/C=C\C/C=C\C/C=C\C/C=C\CC)OC(=O)CCCCCCCCC/C=C\C/C=C\C/C=C\CC)OC(=O)CCCCCC/C=C\C/C=C\C/C=C\C/C=C\CC. The Labute approximate surface area is 666 Å². The van der Waals surface area contributed by atoms with Gasteiger partial charge >= 0.3 is 39.5 Å². The molecule has 0 saturated heterocycles. The lowest BCUT2D eigenvalue weighted by Gasteiger charge is -2.21. The molecule has 0 heterocycles. The number of ether oxygens (including phenoxy) is 4. The third-order valence-corrected chi connectivity index (χ3v) is 18.8. The van der Waals surface area contributed by atoms with Crippen LogP contribution >= 0.6 is 15.6 Å². The van der Waals surface area contributed by atoms with Crippen LogP contribution in [0.2, 0.25) is 0 Å². The van der Waals surface area contributed by atoms with Crippen molar-refractivity contribution in [1.29, 1.82) is 0 Å². The van der Waals surface area contributed by atoms with E-state index in [0.29, 0.717) is 25.7 Å². The van der Waals surface area contributed by atoms with Crippen molar-refractivity contribution in [2.45, 2.75) is 329 Å². The Bertz CT molecular complexity index is 2800. The molecule has 19 heteroatoms. The normalized spacial score (nSPS) is 14.7. The quantitative estimate of drug-likeness (QED) is 0.0169. The van der Waals surface area contributed by atoms with Crippen molar-refractivity contribution >= 4 is 39.5 Å². The number of aliphatic hydroxyl groups is 1. The van der Waals surface area contributed by atoms with Gasteiger partial charge in [0.25, 0.3) is 0 Å². The smallest absolute Gasteiger partial charge is 0.462 e. The fourth-order valence-corrected chi connectivity index (χ4v) is 12.2. The Morgan fingerprint density at radius 2 is 0.445 bits per heavy atom. The fraction of sp³-hybridized carbons (Fsp3) is 0.626. The van der Waals surface area contributed by atoms with Crippen molar-refractivity contribution in [2.24, 2.45) is 0 Å². The minimum Gasteiger partial charge on any atom is -0.462 e. The van der Waals surface area contributed by atoms with Crippen molar-refractivity contribution in [3.8, 4) is 0 Å². The van der Waals surface area contributed by atoms with Gasteiger partial charge in [0.05, 0.1) is 26.4 Å². The summed E-state index contributed by atoms with van der Waals surface area (Å²) in [5.41, 5.74) is 0. The zero-order valence-corrected chi connectivity index (χ0v) is 70.1.